The molecule has 0 bridgehead atoms. The van der Waals surface area contributed by atoms with Crippen LogP contribution < -0.4 is 10.6 Å². The first-order chi connectivity index (χ1) is 13.3. The number of rotatable bonds is 2. The molecule has 4 heteroatoms. The van der Waals surface area contributed by atoms with Gasteiger partial charge in [0.1, 0.15) is 0 Å². The molecule has 2 heterocycles. The van der Waals surface area contributed by atoms with Gasteiger partial charge in [-0.2, -0.15) is 0 Å². The Bertz CT molecular complexity index is 767. The molecule has 0 fully saturated rings. The molecule has 2 aliphatic heterocycles. The number of amides is 2. The van der Waals surface area contributed by atoms with Crippen molar-refractivity contribution in [1.82, 2.24) is 10.6 Å². The standard InChI is InChI=1S/C23H30N2O2/c26-22-18-19(21(25-22)17-14-10-6-3-7-11-15-17)23(27)24-20(18)16-12-8-4-1-2-5-9-13-16/h12,14H,1-11,13,15H2,(H,24,27)(H,25,26)/b16-12+,17-14+. The van der Waals surface area contributed by atoms with Crippen molar-refractivity contribution in [2.45, 2.75) is 83.5 Å². The Hall–Kier alpha value is -2.10. The maximum absolute atomic E-state index is 12.8. The first-order valence-electron chi connectivity index (χ1n) is 10.8. The predicted molar refractivity (Wildman–Crippen MR) is 107 cm³/mol. The van der Waals surface area contributed by atoms with Crippen LogP contribution in [0.2, 0.25) is 0 Å². The van der Waals surface area contributed by atoms with Crippen LogP contribution in [0.15, 0.2) is 45.8 Å². The molecule has 2 N–H and O–H groups in total. The van der Waals surface area contributed by atoms with E-state index in [4.69, 9.17) is 0 Å². The van der Waals surface area contributed by atoms with E-state index in [1.807, 2.05) is 0 Å². The second kappa shape index (κ2) is 8.28. The van der Waals surface area contributed by atoms with Crippen LogP contribution in [0.5, 0.6) is 0 Å². The van der Waals surface area contributed by atoms with Crippen LogP contribution in [0.1, 0.15) is 83.5 Å². The third-order valence-electron chi connectivity index (χ3n) is 6.16. The highest BCUT2D eigenvalue weighted by Gasteiger charge is 2.41. The first-order valence-corrected chi connectivity index (χ1v) is 10.8. The summed E-state index contributed by atoms with van der Waals surface area (Å²) in [6.07, 6.45) is 19.3. The zero-order valence-corrected chi connectivity index (χ0v) is 16.2. The monoisotopic (exact) mass is 366 g/mol. The quantitative estimate of drug-likeness (QED) is 0.744. The molecule has 0 aromatic carbocycles. The number of nitrogens with one attached hydrogen (secondary N) is 2. The Morgan fingerprint density at radius 1 is 0.556 bits per heavy atom. The van der Waals surface area contributed by atoms with E-state index in [-0.39, 0.29) is 11.8 Å². The molecule has 0 aromatic heterocycles. The van der Waals surface area contributed by atoms with Crippen LogP contribution in [0, 0.1) is 0 Å². The zero-order chi connectivity index (χ0) is 18.6. The Kier molecular flexibility index (Phi) is 5.61. The normalized spacial score (nSPS) is 28.6. The van der Waals surface area contributed by atoms with Gasteiger partial charge in [-0.25, -0.2) is 0 Å². The van der Waals surface area contributed by atoms with Crippen molar-refractivity contribution in [3.8, 4) is 0 Å². The third kappa shape index (κ3) is 3.80. The van der Waals surface area contributed by atoms with Gasteiger partial charge in [-0.1, -0.05) is 44.3 Å². The molecule has 0 aromatic rings. The van der Waals surface area contributed by atoms with Crippen LogP contribution in [0.25, 0.3) is 0 Å². The van der Waals surface area contributed by atoms with Crippen molar-refractivity contribution in [3.05, 3.63) is 45.8 Å². The first kappa shape index (κ1) is 18.3. The van der Waals surface area contributed by atoms with Gasteiger partial charge in [-0.05, 0) is 62.5 Å². The summed E-state index contributed by atoms with van der Waals surface area (Å²) in [7, 11) is 0. The number of fused-ring (bicyclic) bond motifs is 1. The second-order valence-electron chi connectivity index (χ2n) is 8.13. The highest BCUT2D eigenvalue weighted by molar-refractivity contribution is 6.20. The zero-order valence-electron chi connectivity index (χ0n) is 16.2. The van der Waals surface area contributed by atoms with E-state index in [2.05, 4.69) is 22.8 Å². The molecule has 0 spiro atoms. The minimum atomic E-state index is -0.114. The molecule has 0 atom stereocenters. The van der Waals surface area contributed by atoms with Gasteiger partial charge in [0.05, 0.1) is 22.5 Å². The largest absolute Gasteiger partial charge is 0.321 e. The Morgan fingerprint density at radius 2 is 0.963 bits per heavy atom. The fourth-order valence-corrected chi connectivity index (χ4v) is 4.68. The number of hydrogen-bond donors (Lipinski definition) is 2. The molecule has 27 heavy (non-hydrogen) atoms. The smallest absolute Gasteiger partial charge is 0.258 e. The lowest BCUT2D eigenvalue weighted by molar-refractivity contribution is -0.117. The minimum absolute atomic E-state index is 0.114. The Labute approximate surface area is 161 Å². The molecule has 0 saturated heterocycles. The van der Waals surface area contributed by atoms with Crippen LogP contribution in [0.4, 0.5) is 0 Å². The molecular formula is C23H30N2O2. The predicted octanol–water partition coefficient (Wildman–Crippen LogP) is 4.71. The summed E-state index contributed by atoms with van der Waals surface area (Å²) in [5.41, 5.74) is 5.01. The molecule has 144 valence electrons. The maximum Gasteiger partial charge on any atom is 0.258 e. The number of hydrogen-bond acceptors (Lipinski definition) is 2. The maximum atomic E-state index is 12.8. The van der Waals surface area contributed by atoms with Gasteiger partial charge in [-0.15, -0.1) is 0 Å². The summed E-state index contributed by atoms with van der Waals surface area (Å²) in [5, 5.41) is 6.09. The van der Waals surface area contributed by atoms with Crippen LogP contribution in [0.3, 0.4) is 0 Å². The van der Waals surface area contributed by atoms with Gasteiger partial charge in [0.15, 0.2) is 0 Å². The second-order valence-corrected chi connectivity index (χ2v) is 8.13. The molecule has 0 saturated carbocycles. The molecule has 2 amide bonds. The summed E-state index contributed by atoms with van der Waals surface area (Å²) in [5.74, 6) is -0.228. The van der Waals surface area contributed by atoms with Gasteiger partial charge in [-0.3, -0.25) is 9.59 Å². The van der Waals surface area contributed by atoms with Crippen molar-refractivity contribution in [2.24, 2.45) is 0 Å². The minimum Gasteiger partial charge on any atom is -0.321 e. The Balaban J connectivity index is 1.71. The van der Waals surface area contributed by atoms with E-state index in [0.29, 0.717) is 11.1 Å². The van der Waals surface area contributed by atoms with E-state index in [9.17, 15) is 9.59 Å². The van der Waals surface area contributed by atoms with E-state index in [0.717, 1.165) is 61.1 Å². The summed E-state index contributed by atoms with van der Waals surface area (Å²) in [4.78, 5) is 25.7. The lowest BCUT2D eigenvalue weighted by Gasteiger charge is -2.14. The highest BCUT2D eigenvalue weighted by Crippen LogP contribution is 2.38. The average molecular weight is 367 g/mol. The van der Waals surface area contributed by atoms with Crippen LogP contribution >= 0.6 is 0 Å². The van der Waals surface area contributed by atoms with E-state index in [1.54, 1.807) is 0 Å². The van der Waals surface area contributed by atoms with Gasteiger partial charge < -0.3 is 10.6 Å². The van der Waals surface area contributed by atoms with Crippen LogP contribution in [-0.2, 0) is 9.59 Å². The van der Waals surface area contributed by atoms with Crippen molar-refractivity contribution < 1.29 is 9.59 Å². The topological polar surface area (TPSA) is 58.2 Å². The number of carbonyl (C=O) groups is 2. The highest BCUT2D eigenvalue weighted by atomic mass is 16.2. The summed E-state index contributed by atoms with van der Waals surface area (Å²) in [6.45, 7) is 0. The fraction of sp³-hybridized carbons (Fsp3) is 0.565. The summed E-state index contributed by atoms with van der Waals surface area (Å²) in [6, 6.07) is 0. The van der Waals surface area contributed by atoms with Gasteiger partial charge >= 0.3 is 0 Å². The van der Waals surface area contributed by atoms with E-state index < -0.39 is 0 Å². The van der Waals surface area contributed by atoms with Crippen molar-refractivity contribution in [2.75, 3.05) is 0 Å². The molecular weight excluding hydrogens is 336 g/mol. The third-order valence-corrected chi connectivity index (χ3v) is 6.16. The molecule has 0 radical (unpaired) electrons. The summed E-state index contributed by atoms with van der Waals surface area (Å²) < 4.78 is 0. The van der Waals surface area contributed by atoms with Crippen molar-refractivity contribution in [3.63, 3.8) is 0 Å². The lowest BCUT2D eigenvalue weighted by Crippen LogP contribution is -2.24. The molecule has 2 aliphatic carbocycles. The van der Waals surface area contributed by atoms with Gasteiger partial charge in [0.2, 0.25) is 0 Å². The number of allylic oxidation sites excluding steroid dienone is 4. The van der Waals surface area contributed by atoms with E-state index >= 15 is 0 Å². The van der Waals surface area contributed by atoms with Crippen molar-refractivity contribution >= 4 is 11.8 Å². The van der Waals surface area contributed by atoms with Gasteiger partial charge in [0.25, 0.3) is 11.8 Å². The number of carbonyl (C=O) groups excluding carboxylic acids is 2. The molecule has 4 aliphatic rings. The SMILES string of the molecule is O=C1NC(/C2=C/CCCCCCC2)=C2C(=O)NC(/C3=C/CCCCCC3)=C12. The van der Waals surface area contributed by atoms with Gasteiger partial charge in [0, 0.05) is 0 Å². The molecule has 0 unspecified atom stereocenters. The average Bonchev–Trinajstić information content (AvgIpc) is 3.17. The summed E-state index contributed by atoms with van der Waals surface area (Å²) >= 11 is 0. The fourth-order valence-electron chi connectivity index (χ4n) is 4.68. The van der Waals surface area contributed by atoms with Crippen LogP contribution in [-0.4, -0.2) is 11.8 Å². The van der Waals surface area contributed by atoms with Crippen molar-refractivity contribution in [1.29, 1.82) is 0 Å². The molecule has 4 nitrogen and oxygen atoms in total. The Morgan fingerprint density at radius 3 is 1.44 bits per heavy atom. The lowest BCUT2D eigenvalue weighted by atomic mass is 9.95. The van der Waals surface area contributed by atoms with E-state index in [1.165, 1.54) is 44.9 Å². The molecule has 4 rings (SSSR count).